The summed E-state index contributed by atoms with van der Waals surface area (Å²) in [5.41, 5.74) is -3.14. The molecule has 0 aliphatic rings. The van der Waals surface area contributed by atoms with Crippen LogP contribution in [0.2, 0.25) is 0 Å². The zero-order chi connectivity index (χ0) is 14.6. The molecular weight excluding hydrogens is 253 g/mol. The van der Waals surface area contributed by atoms with E-state index in [-0.39, 0.29) is 5.92 Å². The molecule has 0 heterocycles. The fourth-order valence-corrected chi connectivity index (χ4v) is 0.935. The minimum Gasteiger partial charge on any atom is -0.480 e. The second-order valence-corrected chi connectivity index (χ2v) is 4.48. The first-order chi connectivity index (χ1) is 8.00. The molecule has 18 heavy (non-hydrogen) atoms. The van der Waals surface area contributed by atoms with Crippen molar-refractivity contribution in [3.63, 3.8) is 0 Å². The Hall–Kier alpha value is -1.31. The van der Waals surface area contributed by atoms with Gasteiger partial charge in [-0.25, -0.2) is 4.79 Å². The van der Waals surface area contributed by atoms with Gasteiger partial charge in [0.15, 0.2) is 0 Å². The van der Waals surface area contributed by atoms with Gasteiger partial charge in [0.25, 0.3) is 0 Å². The molecule has 8 heteroatoms. The maximum Gasteiger partial charge on any atom is 0.417 e. The molecule has 0 radical (unpaired) electrons. The molecule has 0 spiro atoms. The molecule has 1 unspecified atom stereocenters. The molecule has 1 amide bonds. The van der Waals surface area contributed by atoms with Crippen molar-refractivity contribution in [3.8, 4) is 0 Å². The topological polar surface area (TPSA) is 78.4 Å². The number of carboxylic acids is 1. The summed E-state index contributed by atoms with van der Waals surface area (Å²) < 4.78 is 37.6. The van der Waals surface area contributed by atoms with E-state index in [0.29, 0.717) is 13.5 Å². The van der Waals surface area contributed by atoms with Crippen LogP contribution in [0.3, 0.4) is 0 Å². The van der Waals surface area contributed by atoms with Crippen molar-refractivity contribution in [1.82, 2.24) is 10.6 Å². The van der Waals surface area contributed by atoms with Gasteiger partial charge in [-0.05, 0) is 12.8 Å². The Morgan fingerprint density at radius 2 is 1.78 bits per heavy atom. The molecule has 0 saturated heterocycles. The minimum absolute atomic E-state index is 0.155. The number of halogens is 3. The fourth-order valence-electron chi connectivity index (χ4n) is 0.935. The molecule has 0 aromatic heterocycles. The van der Waals surface area contributed by atoms with Gasteiger partial charge in [-0.3, -0.25) is 10.1 Å². The summed E-state index contributed by atoms with van der Waals surface area (Å²) in [6, 6.07) is 0. The highest BCUT2D eigenvalue weighted by Crippen LogP contribution is 2.30. The number of carbonyl (C=O) groups excluding carboxylic acids is 1. The molecular formula is C10H17F3N2O3. The van der Waals surface area contributed by atoms with Gasteiger partial charge in [0, 0.05) is 6.54 Å². The van der Waals surface area contributed by atoms with Crippen LogP contribution in [-0.2, 0) is 9.59 Å². The summed E-state index contributed by atoms with van der Waals surface area (Å²) in [7, 11) is 0. The quantitative estimate of drug-likeness (QED) is 0.665. The van der Waals surface area contributed by atoms with Crippen molar-refractivity contribution >= 4 is 11.9 Å². The SMILES string of the molecule is CC(C)CNC(=O)CNC(C)(C(=O)O)C(F)(F)F. The van der Waals surface area contributed by atoms with E-state index in [9.17, 15) is 22.8 Å². The standard InChI is InChI=1S/C10H17F3N2O3/c1-6(2)4-14-7(16)5-15-9(3,8(17)18)10(11,12)13/h6,15H,4-5H2,1-3H3,(H,14,16)(H,17,18). The number of hydrogen-bond donors (Lipinski definition) is 3. The Kier molecular flexibility index (Phi) is 5.59. The van der Waals surface area contributed by atoms with Crippen molar-refractivity contribution in [3.05, 3.63) is 0 Å². The van der Waals surface area contributed by atoms with Gasteiger partial charge in [0.05, 0.1) is 6.54 Å². The third kappa shape index (κ3) is 4.52. The first-order valence-electron chi connectivity index (χ1n) is 5.32. The van der Waals surface area contributed by atoms with Crippen LogP contribution in [0.1, 0.15) is 20.8 Å². The van der Waals surface area contributed by atoms with E-state index in [1.807, 2.05) is 13.8 Å². The zero-order valence-corrected chi connectivity index (χ0v) is 10.4. The molecule has 0 aromatic rings. The van der Waals surface area contributed by atoms with Gasteiger partial charge in [-0.2, -0.15) is 13.2 Å². The molecule has 0 aromatic carbocycles. The maximum absolute atomic E-state index is 12.5. The van der Waals surface area contributed by atoms with Gasteiger partial charge >= 0.3 is 12.1 Å². The average molecular weight is 270 g/mol. The number of hydrogen-bond acceptors (Lipinski definition) is 3. The van der Waals surface area contributed by atoms with E-state index < -0.39 is 30.1 Å². The normalized spacial score (nSPS) is 15.3. The number of carbonyl (C=O) groups is 2. The molecule has 0 aliphatic heterocycles. The van der Waals surface area contributed by atoms with Gasteiger partial charge in [0.1, 0.15) is 0 Å². The molecule has 0 rings (SSSR count). The summed E-state index contributed by atoms with van der Waals surface area (Å²) in [6.45, 7) is 3.73. The Balaban J connectivity index is 4.48. The minimum atomic E-state index is -4.99. The highest BCUT2D eigenvalue weighted by molar-refractivity contribution is 5.82. The van der Waals surface area contributed by atoms with Crippen LogP contribution in [0.15, 0.2) is 0 Å². The van der Waals surface area contributed by atoms with E-state index in [1.54, 1.807) is 5.32 Å². The van der Waals surface area contributed by atoms with Crippen molar-refractivity contribution in [1.29, 1.82) is 0 Å². The lowest BCUT2D eigenvalue weighted by Crippen LogP contribution is -2.61. The molecule has 106 valence electrons. The molecule has 1 atom stereocenters. The highest BCUT2D eigenvalue weighted by atomic mass is 19.4. The summed E-state index contributed by atoms with van der Waals surface area (Å²) in [5, 5.41) is 12.7. The number of carboxylic acid groups (broad SMARTS) is 1. The van der Waals surface area contributed by atoms with Crippen molar-refractivity contribution in [2.45, 2.75) is 32.5 Å². The molecule has 3 N–H and O–H groups in total. The number of aliphatic carboxylic acids is 1. The molecule has 0 bridgehead atoms. The Labute approximate surface area is 103 Å². The van der Waals surface area contributed by atoms with Crippen LogP contribution >= 0.6 is 0 Å². The van der Waals surface area contributed by atoms with Gasteiger partial charge in [-0.1, -0.05) is 13.8 Å². The maximum atomic E-state index is 12.5. The van der Waals surface area contributed by atoms with Crippen molar-refractivity contribution in [2.75, 3.05) is 13.1 Å². The van der Waals surface area contributed by atoms with Crippen LogP contribution in [0.4, 0.5) is 13.2 Å². The number of nitrogens with one attached hydrogen (secondary N) is 2. The lowest BCUT2D eigenvalue weighted by molar-refractivity contribution is -0.205. The summed E-state index contributed by atoms with van der Waals surface area (Å²) in [4.78, 5) is 21.8. The lowest BCUT2D eigenvalue weighted by atomic mass is 10.0. The third-order valence-electron chi connectivity index (χ3n) is 2.30. The number of alkyl halides is 3. The largest absolute Gasteiger partial charge is 0.480 e. The second-order valence-electron chi connectivity index (χ2n) is 4.48. The third-order valence-corrected chi connectivity index (χ3v) is 2.30. The number of amides is 1. The molecule has 0 aliphatic carbocycles. The van der Waals surface area contributed by atoms with Crippen LogP contribution in [0, 0.1) is 5.92 Å². The fraction of sp³-hybridized carbons (Fsp3) is 0.800. The first-order valence-corrected chi connectivity index (χ1v) is 5.32. The van der Waals surface area contributed by atoms with Gasteiger partial charge in [0.2, 0.25) is 11.4 Å². The van der Waals surface area contributed by atoms with Crippen LogP contribution < -0.4 is 10.6 Å². The summed E-state index contributed by atoms with van der Waals surface area (Å²) in [6.07, 6.45) is -4.99. The van der Waals surface area contributed by atoms with Crippen molar-refractivity contribution < 1.29 is 27.9 Å². The Morgan fingerprint density at radius 3 is 2.11 bits per heavy atom. The monoisotopic (exact) mass is 270 g/mol. The number of rotatable bonds is 6. The first kappa shape index (κ1) is 16.7. The van der Waals surface area contributed by atoms with Gasteiger partial charge < -0.3 is 10.4 Å². The second kappa shape index (κ2) is 6.03. The van der Waals surface area contributed by atoms with E-state index in [4.69, 9.17) is 5.11 Å². The lowest BCUT2D eigenvalue weighted by Gasteiger charge is -2.28. The molecule has 5 nitrogen and oxygen atoms in total. The predicted octanol–water partition coefficient (Wildman–Crippen LogP) is 0.754. The zero-order valence-electron chi connectivity index (χ0n) is 10.4. The highest BCUT2D eigenvalue weighted by Gasteiger charge is 2.57. The van der Waals surface area contributed by atoms with E-state index in [2.05, 4.69) is 5.32 Å². The molecule has 0 fully saturated rings. The van der Waals surface area contributed by atoms with Crippen LogP contribution in [0.25, 0.3) is 0 Å². The van der Waals surface area contributed by atoms with Crippen molar-refractivity contribution in [2.24, 2.45) is 5.92 Å². The predicted molar refractivity (Wildman–Crippen MR) is 57.9 cm³/mol. The van der Waals surface area contributed by atoms with Crippen LogP contribution in [-0.4, -0.2) is 41.8 Å². The smallest absolute Gasteiger partial charge is 0.417 e. The Bertz CT molecular complexity index is 318. The van der Waals surface area contributed by atoms with E-state index in [1.165, 1.54) is 0 Å². The Morgan fingerprint density at radius 1 is 1.28 bits per heavy atom. The molecule has 0 saturated carbocycles. The van der Waals surface area contributed by atoms with Crippen LogP contribution in [0.5, 0.6) is 0 Å². The average Bonchev–Trinajstić information content (AvgIpc) is 2.20. The van der Waals surface area contributed by atoms with E-state index in [0.717, 1.165) is 0 Å². The summed E-state index contributed by atoms with van der Waals surface area (Å²) in [5.74, 6) is -2.60. The van der Waals surface area contributed by atoms with E-state index >= 15 is 0 Å². The van der Waals surface area contributed by atoms with Gasteiger partial charge in [-0.15, -0.1) is 0 Å². The summed E-state index contributed by atoms with van der Waals surface area (Å²) >= 11 is 0.